The van der Waals surface area contributed by atoms with Crippen LogP contribution in [-0.2, 0) is 52.2 Å². The highest BCUT2D eigenvalue weighted by Crippen LogP contribution is 2.38. The van der Waals surface area contributed by atoms with E-state index in [1.165, 1.54) is 13.8 Å². The minimum absolute atomic E-state index is 0.345. The molecule has 0 saturated carbocycles. The molecule has 0 aliphatic carbocycles. The number of carbonyl (C=O) groups excluding carboxylic acids is 1. The normalized spacial score (nSPS) is 51.0. The quantitative estimate of drug-likeness (QED) is 0.0773. The van der Waals surface area contributed by atoms with Crippen molar-refractivity contribution in [3.63, 3.8) is 0 Å². The van der Waals surface area contributed by atoms with Gasteiger partial charge in [-0.2, -0.15) is 0 Å². The van der Waals surface area contributed by atoms with E-state index >= 15 is 0 Å². The standard InChI is InChI=1S/C36H63NO22/c1-7-8-50-32-11(2)28(20(42)13(4)51-32)56-35-30(26(48)19(41)12(3)52-35)58-36-31(59-33-18(37-15(6)40)24(46)22(44)16(9-38)54-33)29(21(43)14(5)53-36)57-34-27(49)25(47)23(45)17(10-39)55-34/h11-14,16-36,38-39,41-49H,7-10H2,1-6H3,(H,37,40)/t11?,12?,13?,14?,16?,17-,18?,19+,20+,21+,22+,23-,24-,25?,26-,27?,28+,29-,30?,31?,32-,33+,34-,35+,36+/m1/s1. The summed E-state index contributed by atoms with van der Waals surface area (Å²) in [5.74, 6) is -1.32. The van der Waals surface area contributed by atoms with E-state index in [-0.39, 0.29) is 0 Å². The molecule has 5 aliphatic rings. The van der Waals surface area contributed by atoms with E-state index < -0.39 is 172 Å². The van der Waals surface area contributed by atoms with Crippen molar-refractivity contribution < 1.29 is 108 Å². The lowest BCUT2D eigenvalue weighted by Gasteiger charge is -2.51. The summed E-state index contributed by atoms with van der Waals surface area (Å²) in [5.41, 5.74) is 0. The summed E-state index contributed by atoms with van der Waals surface area (Å²) in [6.07, 6.45) is -35.0. The van der Waals surface area contributed by atoms with E-state index in [2.05, 4.69) is 5.32 Å². The Hall–Kier alpha value is -1.37. The zero-order valence-corrected chi connectivity index (χ0v) is 33.7. The van der Waals surface area contributed by atoms with Gasteiger partial charge in [0.25, 0.3) is 0 Å². The molecule has 0 aromatic heterocycles. The van der Waals surface area contributed by atoms with Crippen LogP contribution < -0.4 is 5.32 Å². The second-order valence-corrected chi connectivity index (χ2v) is 15.9. The molecule has 1 amide bonds. The summed E-state index contributed by atoms with van der Waals surface area (Å²) in [4.78, 5) is 12.3. The SMILES string of the molecule is CCCO[C@@H]1OC(C)[C@H](O)[C@@H](O[C@@H]2OC(C)[C@H](O)[C@@H](O)C2O[C@@H]2OC(C)[C@H](O)[C@@H](O[C@H]3O[C@H](CO)[C@@H](O)C(O)C3O)C2O[C@@H]2OC(CO)[C@H](O)[C@H](O)C2NC(C)=O)C1C. The van der Waals surface area contributed by atoms with Crippen LogP contribution in [0.4, 0.5) is 0 Å². The van der Waals surface area contributed by atoms with Gasteiger partial charge in [-0.05, 0) is 27.2 Å². The summed E-state index contributed by atoms with van der Waals surface area (Å²) >= 11 is 0. The molecule has 59 heavy (non-hydrogen) atoms. The molecule has 12 N–H and O–H groups in total. The molecule has 23 heteroatoms. The third-order valence-electron chi connectivity index (χ3n) is 11.4. The number of carbonyl (C=O) groups is 1. The van der Waals surface area contributed by atoms with E-state index in [0.717, 1.165) is 6.92 Å². The second-order valence-electron chi connectivity index (χ2n) is 15.9. The number of rotatable bonds is 14. The molecule has 0 bridgehead atoms. The third kappa shape index (κ3) is 10.5. The van der Waals surface area contributed by atoms with Crippen LogP contribution in [0.2, 0.25) is 0 Å². The molecule has 344 valence electrons. The summed E-state index contributed by atoms with van der Waals surface area (Å²) in [6, 6.07) is -1.56. The molecule has 5 fully saturated rings. The van der Waals surface area contributed by atoms with Gasteiger partial charge in [0.05, 0.1) is 37.6 Å². The van der Waals surface area contributed by atoms with Crippen LogP contribution in [0.15, 0.2) is 0 Å². The van der Waals surface area contributed by atoms with Gasteiger partial charge in [0.2, 0.25) is 5.91 Å². The lowest BCUT2D eigenvalue weighted by Crippen LogP contribution is -2.69. The largest absolute Gasteiger partial charge is 0.394 e. The topological polar surface area (TPSA) is 344 Å². The molecular weight excluding hydrogens is 798 g/mol. The van der Waals surface area contributed by atoms with Crippen molar-refractivity contribution >= 4 is 5.91 Å². The first-order valence-electron chi connectivity index (χ1n) is 20.0. The van der Waals surface area contributed by atoms with Crippen LogP contribution in [0.3, 0.4) is 0 Å². The van der Waals surface area contributed by atoms with Crippen molar-refractivity contribution in [1.29, 1.82) is 0 Å². The van der Waals surface area contributed by atoms with Crippen molar-refractivity contribution in [2.24, 2.45) is 5.92 Å². The summed E-state index contributed by atoms with van der Waals surface area (Å²) in [6.45, 7) is 7.87. The first-order valence-corrected chi connectivity index (χ1v) is 20.0. The van der Waals surface area contributed by atoms with Crippen LogP contribution in [0.1, 0.15) is 48.0 Å². The number of hydrogen-bond acceptors (Lipinski definition) is 22. The van der Waals surface area contributed by atoms with E-state index in [0.29, 0.717) is 13.0 Å². The Bertz CT molecular complexity index is 1320. The molecular formula is C36H63NO22. The van der Waals surface area contributed by atoms with E-state index in [1.54, 1.807) is 13.8 Å². The van der Waals surface area contributed by atoms with Crippen LogP contribution >= 0.6 is 0 Å². The van der Waals surface area contributed by atoms with Crippen LogP contribution in [0.5, 0.6) is 0 Å². The fraction of sp³-hybridized carbons (Fsp3) is 0.972. The van der Waals surface area contributed by atoms with Gasteiger partial charge in [-0.25, -0.2) is 0 Å². The van der Waals surface area contributed by atoms with Gasteiger partial charge < -0.3 is 109 Å². The first-order chi connectivity index (χ1) is 27.8. The fourth-order valence-corrected chi connectivity index (χ4v) is 7.82. The van der Waals surface area contributed by atoms with Crippen molar-refractivity contribution in [2.75, 3.05) is 19.8 Å². The van der Waals surface area contributed by atoms with Crippen LogP contribution in [0, 0.1) is 5.92 Å². The predicted molar refractivity (Wildman–Crippen MR) is 191 cm³/mol. The molecule has 5 heterocycles. The molecule has 0 radical (unpaired) electrons. The maximum absolute atomic E-state index is 12.3. The van der Waals surface area contributed by atoms with E-state index in [4.69, 9.17) is 47.4 Å². The van der Waals surface area contributed by atoms with Crippen LogP contribution in [0.25, 0.3) is 0 Å². The number of hydrogen-bond donors (Lipinski definition) is 12. The van der Waals surface area contributed by atoms with Gasteiger partial charge in [-0.3, -0.25) is 4.79 Å². The summed E-state index contributed by atoms with van der Waals surface area (Å²) < 4.78 is 60.1. The lowest BCUT2D eigenvalue weighted by molar-refractivity contribution is -0.407. The summed E-state index contributed by atoms with van der Waals surface area (Å²) in [7, 11) is 0. The average molecular weight is 862 g/mol. The van der Waals surface area contributed by atoms with Crippen molar-refractivity contribution in [1.82, 2.24) is 5.32 Å². The molecule has 25 atom stereocenters. The Morgan fingerprint density at radius 3 is 1.56 bits per heavy atom. The molecule has 0 aromatic carbocycles. The zero-order valence-electron chi connectivity index (χ0n) is 33.7. The predicted octanol–water partition coefficient (Wildman–Crippen LogP) is -5.99. The molecule has 5 aliphatic heterocycles. The molecule has 23 nitrogen and oxygen atoms in total. The molecule has 0 spiro atoms. The highest BCUT2D eigenvalue weighted by Gasteiger charge is 2.57. The zero-order chi connectivity index (χ0) is 43.6. The third-order valence-corrected chi connectivity index (χ3v) is 11.4. The fourth-order valence-electron chi connectivity index (χ4n) is 7.82. The maximum Gasteiger partial charge on any atom is 0.217 e. The highest BCUT2D eigenvalue weighted by molar-refractivity contribution is 5.73. The number of aliphatic hydroxyl groups is 11. The van der Waals surface area contributed by atoms with Gasteiger partial charge in [0.15, 0.2) is 31.5 Å². The second kappa shape index (κ2) is 20.9. The Morgan fingerprint density at radius 2 is 0.983 bits per heavy atom. The molecule has 5 rings (SSSR count). The van der Waals surface area contributed by atoms with Gasteiger partial charge in [0.1, 0.15) is 91.5 Å². The summed E-state index contributed by atoms with van der Waals surface area (Å²) in [5, 5.41) is 121. The molecule has 10 unspecified atom stereocenters. The minimum atomic E-state index is -1.98. The highest BCUT2D eigenvalue weighted by atomic mass is 16.8. The minimum Gasteiger partial charge on any atom is -0.394 e. The van der Waals surface area contributed by atoms with Gasteiger partial charge in [-0.1, -0.05) is 13.8 Å². The monoisotopic (exact) mass is 861 g/mol. The van der Waals surface area contributed by atoms with Crippen molar-refractivity contribution in [3.8, 4) is 0 Å². The lowest BCUT2D eigenvalue weighted by atomic mass is 9.92. The number of ether oxygens (including phenoxy) is 10. The maximum atomic E-state index is 12.3. The molecule has 5 saturated heterocycles. The van der Waals surface area contributed by atoms with E-state index in [9.17, 15) is 61.0 Å². The van der Waals surface area contributed by atoms with Crippen molar-refractivity contribution in [3.05, 3.63) is 0 Å². The Morgan fingerprint density at radius 1 is 0.508 bits per heavy atom. The van der Waals surface area contributed by atoms with Crippen molar-refractivity contribution in [2.45, 2.75) is 195 Å². The first kappa shape index (κ1) is 48.7. The Balaban J connectivity index is 1.52. The van der Waals surface area contributed by atoms with Gasteiger partial charge in [0, 0.05) is 19.4 Å². The smallest absolute Gasteiger partial charge is 0.217 e. The number of amides is 1. The number of aliphatic hydroxyl groups excluding tert-OH is 11. The number of nitrogens with one attached hydrogen (secondary N) is 1. The van der Waals surface area contributed by atoms with Gasteiger partial charge >= 0.3 is 0 Å². The Kier molecular flexibility index (Phi) is 17.2. The van der Waals surface area contributed by atoms with Gasteiger partial charge in [-0.15, -0.1) is 0 Å². The Labute approximate surface area is 340 Å². The average Bonchev–Trinajstić information content (AvgIpc) is 3.20. The van der Waals surface area contributed by atoms with E-state index in [1.807, 2.05) is 6.92 Å². The molecule has 0 aromatic rings. The van der Waals surface area contributed by atoms with Crippen LogP contribution in [-0.4, -0.2) is 229 Å².